The third kappa shape index (κ3) is 3.83. The molecule has 0 aromatic carbocycles. The number of hydrogen-bond acceptors (Lipinski definition) is 1. The second-order valence-electron chi connectivity index (χ2n) is 6.98. The fourth-order valence-electron chi connectivity index (χ4n) is 2.54. The fourth-order valence-corrected chi connectivity index (χ4v) is 9.68. The number of nitrogens with zero attached hydrogens (tertiary/aromatic N) is 1. The minimum Gasteiger partial charge on any atom is -0.227 e. The van der Waals surface area contributed by atoms with Crippen LogP contribution in [0.2, 0.25) is 0 Å². The second kappa shape index (κ2) is 6.16. The Hall–Kier alpha value is 1.61. The Balaban J connectivity index is 3.23. The van der Waals surface area contributed by atoms with Crippen molar-refractivity contribution in [3.8, 4) is 0 Å². The van der Waals surface area contributed by atoms with E-state index in [9.17, 15) is 0 Å². The largest absolute Gasteiger partial charge is 0.227 e. The van der Waals surface area contributed by atoms with Gasteiger partial charge in [0.25, 0.3) is 0 Å². The van der Waals surface area contributed by atoms with Gasteiger partial charge in [0.05, 0.1) is 5.45 Å². The van der Waals surface area contributed by atoms with Crippen LogP contribution in [0.4, 0.5) is 0 Å². The van der Waals surface area contributed by atoms with Crippen LogP contribution in [0.15, 0.2) is 4.40 Å². The van der Waals surface area contributed by atoms with E-state index in [1.807, 2.05) is 0 Å². The van der Waals surface area contributed by atoms with Crippen molar-refractivity contribution >= 4 is 55.1 Å². The van der Waals surface area contributed by atoms with E-state index in [1.165, 1.54) is 5.45 Å². The monoisotopic (exact) mass is 341 g/mol. The van der Waals surface area contributed by atoms with Gasteiger partial charge in [-0.15, -0.1) is 17.9 Å². The van der Waals surface area contributed by atoms with Crippen molar-refractivity contribution in [2.75, 3.05) is 0 Å². The molecule has 0 N–H and O–H groups in total. The first kappa shape index (κ1) is 17.7. The standard InChI is InChI=1S/C12H27NP4S/c1-11(2,3)8-9(12(4,5)6)18(7)13-10(8)17(15)16-14/h8-9,16H,7,14-15H2,1-6H3. The molecule has 0 bridgehead atoms. The molecule has 0 fully saturated rings. The topological polar surface area (TPSA) is 12.4 Å². The Labute approximate surface area is 123 Å². The Kier molecular flexibility index (Phi) is 6.04. The molecular formula is C12H27NP4S. The number of hydrogen-bond donors (Lipinski definition) is 0. The van der Waals surface area contributed by atoms with Gasteiger partial charge in [-0.3, -0.25) is 0 Å². The van der Waals surface area contributed by atoms with Crippen LogP contribution in [0.5, 0.6) is 0 Å². The van der Waals surface area contributed by atoms with Gasteiger partial charge < -0.3 is 0 Å². The van der Waals surface area contributed by atoms with Gasteiger partial charge in [0, 0.05) is 11.2 Å². The van der Waals surface area contributed by atoms with E-state index in [0.29, 0.717) is 11.2 Å². The van der Waals surface area contributed by atoms with Crippen LogP contribution in [-0.2, 0) is 0 Å². The van der Waals surface area contributed by atoms with Gasteiger partial charge >= 0.3 is 0 Å². The summed E-state index contributed by atoms with van der Waals surface area (Å²) in [4.78, 5) is 0. The van der Waals surface area contributed by atoms with E-state index in [2.05, 4.69) is 65.3 Å². The summed E-state index contributed by atoms with van der Waals surface area (Å²) in [6.45, 7) is 14.1. The highest BCUT2D eigenvalue weighted by Crippen LogP contribution is 2.72. The molecule has 106 valence electrons. The maximum Gasteiger partial charge on any atom is 0.0614 e. The highest BCUT2D eigenvalue weighted by molar-refractivity contribution is 8.66. The van der Waals surface area contributed by atoms with Gasteiger partial charge in [0.1, 0.15) is 0 Å². The van der Waals surface area contributed by atoms with Gasteiger partial charge in [0.15, 0.2) is 0 Å². The van der Waals surface area contributed by atoms with Crippen LogP contribution in [0.3, 0.4) is 0 Å². The van der Waals surface area contributed by atoms with Crippen LogP contribution in [0, 0.1) is 16.7 Å². The molecule has 1 nitrogen and oxygen atoms in total. The zero-order chi connectivity index (χ0) is 14.3. The first-order valence-corrected chi connectivity index (χ1v) is 14.1. The molecule has 0 spiro atoms. The van der Waals surface area contributed by atoms with E-state index < -0.39 is 0 Å². The van der Waals surface area contributed by atoms with Crippen LogP contribution in [0.25, 0.3) is 0 Å². The molecule has 1 aliphatic heterocycles. The summed E-state index contributed by atoms with van der Waals surface area (Å²) in [7, 11) is 6.58. The molecule has 0 saturated carbocycles. The lowest BCUT2D eigenvalue weighted by Gasteiger charge is -2.40. The maximum atomic E-state index is 4.99. The molecule has 7 atom stereocenters. The SMILES string of the molecule is C=S1N=C(P(P)PP)C(C(C)(C)C)C1C(C)(C)C. The second-order valence-corrected chi connectivity index (χ2v) is 17.6. The van der Waals surface area contributed by atoms with Crippen LogP contribution < -0.4 is 0 Å². The minimum absolute atomic E-state index is 0.0729. The molecule has 0 aliphatic carbocycles. The van der Waals surface area contributed by atoms with Crippen molar-refractivity contribution in [2.45, 2.75) is 46.8 Å². The average molecular weight is 341 g/mol. The first-order chi connectivity index (χ1) is 8.00. The molecular weight excluding hydrogens is 314 g/mol. The third-order valence-corrected chi connectivity index (χ3v) is 15.4. The average Bonchev–Trinajstić information content (AvgIpc) is 2.53. The lowest BCUT2D eigenvalue weighted by Crippen LogP contribution is -2.39. The summed E-state index contributed by atoms with van der Waals surface area (Å²) in [5, 5.41) is 0.583. The normalized spacial score (nSPS) is 32.0. The van der Waals surface area contributed by atoms with Crippen molar-refractivity contribution in [2.24, 2.45) is 21.1 Å². The highest BCUT2D eigenvalue weighted by atomic mass is 32.6. The van der Waals surface area contributed by atoms with Crippen LogP contribution in [-0.4, -0.2) is 16.6 Å². The summed E-state index contributed by atoms with van der Waals surface area (Å²) in [6.07, 6.45) is 0. The van der Waals surface area contributed by atoms with Crippen molar-refractivity contribution in [3.05, 3.63) is 0 Å². The summed E-state index contributed by atoms with van der Waals surface area (Å²) < 4.78 is 4.99. The van der Waals surface area contributed by atoms with Crippen molar-refractivity contribution in [1.82, 2.24) is 0 Å². The van der Waals surface area contributed by atoms with E-state index in [1.54, 1.807) is 0 Å². The zero-order valence-electron chi connectivity index (χ0n) is 12.3. The van der Waals surface area contributed by atoms with Gasteiger partial charge in [-0.2, -0.15) is 0 Å². The third-order valence-electron chi connectivity index (χ3n) is 3.26. The molecule has 0 amide bonds. The Bertz CT molecular complexity index is 367. The van der Waals surface area contributed by atoms with Gasteiger partial charge in [-0.1, -0.05) is 66.0 Å². The van der Waals surface area contributed by atoms with Gasteiger partial charge in [-0.25, -0.2) is 4.40 Å². The van der Waals surface area contributed by atoms with E-state index in [4.69, 9.17) is 4.40 Å². The molecule has 6 heteroatoms. The van der Waals surface area contributed by atoms with Gasteiger partial charge in [-0.05, 0) is 18.1 Å². The van der Waals surface area contributed by atoms with Crippen LogP contribution in [0.1, 0.15) is 41.5 Å². The molecule has 1 rings (SSSR count). The van der Waals surface area contributed by atoms with E-state index >= 15 is 0 Å². The summed E-state index contributed by atoms with van der Waals surface area (Å²) in [5.74, 6) is 4.93. The molecule has 0 radical (unpaired) electrons. The highest BCUT2D eigenvalue weighted by Gasteiger charge is 2.47. The summed E-state index contributed by atoms with van der Waals surface area (Å²) in [6, 6.07) is 0. The molecule has 7 unspecified atom stereocenters. The predicted molar refractivity (Wildman–Crippen MR) is 103 cm³/mol. The summed E-state index contributed by atoms with van der Waals surface area (Å²) in [5.41, 5.74) is 2.01. The van der Waals surface area contributed by atoms with E-state index in [0.717, 1.165) is 7.96 Å². The predicted octanol–water partition coefficient (Wildman–Crippen LogP) is 5.75. The maximum absolute atomic E-state index is 4.99. The zero-order valence-corrected chi connectivity index (χ0v) is 17.3. The molecule has 1 aliphatic rings. The van der Waals surface area contributed by atoms with E-state index in [-0.39, 0.29) is 28.8 Å². The minimum atomic E-state index is -0.159. The first-order valence-electron chi connectivity index (χ1n) is 6.12. The van der Waals surface area contributed by atoms with Crippen molar-refractivity contribution in [1.29, 1.82) is 0 Å². The molecule has 0 saturated heterocycles. The van der Waals surface area contributed by atoms with Gasteiger partial charge in [0.2, 0.25) is 0 Å². The Morgan fingerprint density at radius 1 is 1.22 bits per heavy atom. The lowest BCUT2D eigenvalue weighted by molar-refractivity contribution is 0.239. The van der Waals surface area contributed by atoms with Crippen molar-refractivity contribution < 1.29 is 0 Å². The molecule has 0 aromatic rings. The Morgan fingerprint density at radius 3 is 2.06 bits per heavy atom. The fraction of sp³-hybridized carbons (Fsp3) is 0.833. The smallest absolute Gasteiger partial charge is 0.0614 e. The molecule has 18 heavy (non-hydrogen) atoms. The van der Waals surface area contributed by atoms with Crippen molar-refractivity contribution in [3.63, 3.8) is 0 Å². The lowest BCUT2D eigenvalue weighted by atomic mass is 9.72. The molecule has 0 aromatic heterocycles. The summed E-state index contributed by atoms with van der Waals surface area (Å²) >= 11 is 0. The number of rotatable bonds is 2. The quantitative estimate of drug-likeness (QED) is 0.448. The molecule has 1 heterocycles. The Morgan fingerprint density at radius 2 is 1.72 bits per heavy atom. The van der Waals surface area contributed by atoms with Crippen LogP contribution >= 0.6 is 43.8 Å².